The van der Waals surface area contributed by atoms with Gasteiger partial charge in [0.25, 0.3) is 0 Å². The monoisotopic (exact) mass is 609 g/mol. The van der Waals surface area contributed by atoms with Crippen LogP contribution in [0, 0.1) is 30.1 Å². The lowest BCUT2D eigenvalue weighted by Crippen LogP contribution is -2.51. The zero-order valence-electron chi connectivity index (χ0n) is 26.5. The molecular weight excluding hydrogens is 562 g/mol. The second kappa shape index (κ2) is 13.2. The average molecular weight is 610 g/mol. The van der Waals surface area contributed by atoms with Gasteiger partial charge in [-0.3, -0.25) is 14.5 Å². The Kier molecular flexibility index (Phi) is 9.34. The Hall–Kier alpha value is -2.91. The molecule has 5 fully saturated rings. The molecular formula is C35H47NO8. The van der Waals surface area contributed by atoms with Gasteiger partial charge in [0, 0.05) is 37.2 Å². The SMILES string of the molecule is COc1c(C)c2c(c(OC(=O)C34CC5CC(CC(C5)C3)C4)c1CC=C(C)CCC(=O)OCCCN1CCOCC1)C(=O)OC2. The van der Waals surface area contributed by atoms with Crippen molar-refractivity contribution in [3.63, 3.8) is 0 Å². The Balaban J connectivity index is 1.13. The second-order valence-corrected chi connectivity index (χ2v) is 13.8. The van der Waals surface area contributed by atoms with Gasteiger partial charge in [-0.15, -0.1) is 0 Å². The average Bonchev–Trinajstić information content (AvgIpc) is 3.40. The van der Waals surface area contributed by atoms with Crippen molar-refractivity contribution < 1.29 is 38.1 Å². The molecule has 4 aliphatic carbocycles. The minimum atomic E-state index is -0.464. The zero-order valence-corrected chi connectivity index (χ0v) is 26.5. The maximum Gasteiger partial charge on any atom is 0.342 e. The van der Waals surface area contributed by atoms with Crippen LogP contribution in [-0.2, 0) is 36.8 Å². The molecule has 4 saturated carbocycles. The summed E-state index contributed by atoms with van der Waals surface area (Å²) in [5.41, 5.74) is 3.12. The van der Waals surface area contributed by atoms with E-state index in [-0.39, 0.29) is 24.3 Å². The van der Waals surface area contributed by atoms with Crippen molar-refractivity contribution in [2.24, 2.45) is 23.2 Å². The van der Waals surface area contributed by atoms with Crippen molar-refractivity contribution in [3.05, 3.63) is 33.9 Å². The van der Waals surface area contributed by atoms with Crippen LogP contribution in [0.4, 0.5) is 0 Å². The molecule has 0 N–H and O–H groups in total. The molecule has 9 heteroatoms. The van der Waals surface area contributed by atoms with E-state index in [0.717, 1.165) is 75.2 Å². The van der Waals surface area contributed by atoms with Gasteiger partial charge in [-0.05, 0) is 95.0 Å². The number of carbonyl (C=O) groups excluding carboxylic acids is 3. The zero-order chi connectivity index (χ0) is 30.8. The highest BCUT2D eigenvalue weighted by Gasteiger charge is 2.56. The fourth-order valence-corrected chi connectivity index (χ4v) is 8.73. The first kappa shape index (κ1) is 31.1. The Morgan fingerprint density at radius 2 is 1.70 bits per heavy atom. The molecule has 1 aromatic rings. The summed E-state index contributed by atoms with van der Waals surface area (Å²) >= 11 is 0. The molecule has 1 aromatic carbocycles. The normalized spacial score (nSPS) is 27.7. The second-order valence-electron chi connectivity index (χ2n) is 13.8. The third-order valence-electron chi connectivity index (χ3n) is 10.7. The van der Waals surface area contributed by atoms with Crippen molar-refractivity contribution in [2.75, 3.05) is 46.6 Å². The van der Waals surface area contributed by atoms with Crippen LogP contribution in [0.1, 0.15) is 91.8 Å². The number of cyclic esters (lactones) is 1. The Morgan fingerprint density at radius 3 is 2.36 bits per heavy atom. The lowest BCUT2D eigenvalue weighted by molar-refractivity contribution is -0.161. The van der Waals surface area contributed by atoms with E-state index >= 15 is 0 Å². The largest absolute Gasteiger partial charge is 0.496 e. The van der Waals surface area contributed by atoms with Crippen molar-refractivity contribution in [1.82, 2.24) is 4.90 Å². The number of ether oxygens (including phenoxy) is 5. The van der Waals surface area contributed by atoms with E-state index in [9.17, 15) is 14.4 Å². The Labute approximate surface area is 260 Å². The minimum absolute atomic E-state index is 0.141. The van der Waals surface area contributed by atoms with Gasteiger partial charge in [0.1, 0.15) is 17.9 Å². The first-order valence-electron chi connectivity index (χ1n) is 16.5. The van der Waals surface area contributed by atoms with E-state index in [1.807, 2.05) is 19.9 Å². The van der Waals surface area contributed by atoms with Gasteiger partial charge >= 0.3 is 17.9 Å². The van der Waals surface area contributed by atoms with Gasteiger partial charge in [-0.2, -0.15) is 0 Å². The number of hydrogen-bond acceptors (Lipinski definition) is 9. The summed E-state index contributed by atoms with van der Waals surface area (Å²) in [6, 6.07) is 0. The number of methoxy groups -OCH3 is 1. The van der Waals surface area contributed by atoms with Crippen molar-refractivity contribution >= 4 is 17.9 Å². The first-order valence-corrected chi connectivity index (χ1v) is 16.5. The molecule has 9 nitrogen and oxygen atoms in total. The smallest absolute Gasteiger partial charge is 0.342 e. The molecule has 44 heavy (non-hydrogen) atoms. The maximum atomic E-state index is 14.0. The number of fused-ring (bicyclic) bond motifs is 1. The molecule has 0 spiro atoms. The number of nitrogens with zero attached hydrogens (tertiary/aromatic N) is 1. The molecule has 0 amide bonds. The molecule has 0 unspecified atom stereocenters. The molecule has 0 aromatic heterocycles. The maximum absolute atomic E-state index is 14.0. The fraction of sp³-hybridized carbons (Fsp3) is 0.686. The minimum Gasteiger partial charge on any atom is -0.496 e. The van der Waals surface area contributed by atoms with Crippen molar-refractivity contribution in [2.45, 2.75) is 84.7 Å². The van der Waals surface area contributed by atoms with Crippen LogP contribution >= 0.6 is 0 Å². The van der Waals surface area contributed by atoms with Crippen LogP contribution in [0.2, 0.25) is 0 Å². The predicted octanol–water partition coefficient (Wildman–Crippen LogP) is 5.33. The third kappa shape index (κ3) is 6.41. The summed E-state index contributed by atoms with van der Waals surface area (Å²) in [7, 11) is 1.60. The van der Waals surface area contributed by atoms with Crippen LogP contribution in [0.25, 0.3) is 0 Å². The van der Waals surface area contributed by atoms with Crippen LogP contribution in [0.5, 0.6) is 11.5 Å². The van der Waals surface area contributed by atoms with Gasteiger partial charge in [0.2, 0.25) is 0 Å². The summed E-state index contributed by atoms with van der Waals surface area (Å²) in [5.74, 6) is 1.81. The first-order chi connectivity index (χ1) is 21.3. The lowest BCUT2D eigenvalue weighted by atomic mass is 9.49. The predicted molar refractivity (Wildman–Crippen MR) is 163 cm³/mol. The van der Waals surface area contributed by atoms with Gasteiger partial charge in [0.15, 0.2) is 5.75 Å². The number of hydrogen-bond donors (Lipinski definition) is 0. The standard InChI is InChI=1S/C35H47NO8/c1-22(6-8-29(37)42-12-4-9-36-10-13-41-14-11-36)5-7-27-31(40-3)23(2)28-21-43-33(38)30(28)32(27)44-34(39)35-18-24-15-25(19-35)17-26(16-24)20-35/h5,24-26H,4,6-21H2,1-3H3. The molecule has 2 heterocycles. The van der Waals surface area contributed by atoms with E-state index in [2.05, 4.69) is 4.90 Å². The molecule has 240 valence electrons. The van der Waals surface area contributed by atoms with Crippen LogP contribution < -0.4 is 9.47 Å². The van der Waals surface area contributed by atoms with Crippen LogP contribution in [0.15, 0.2) is 11.6 Å². The highest BCUT2D eigenvalue weighted by atomic mass is 16.6. The van der Waals surface area contributed by atoms with Crippen molar-refractivity contribution in [3.8, 4) is 11.5 Å². The molecule has 1 saturated heterocycles. The number of carbonyl (C=O) groups is 3. The van der Waals surface area contributed by atoms with E-state index in [4.69, 9.17) is 23.7 Å². The third-order valence-corrected chi connectivity index (χ3v) is 10.7. The molecule has 6 aliphatic rings. The van der Waals surface area contributed by atoms with Gasteiger partial charge < -0.3 is 23.7 Å². The van der Waals surface area contributed by atoms with Crippen LogP contribution in [-0.4, -0.2) is 69.4 Å². The molecule has 7 rings (SSSR count). The molecule has 4 bridgehead atoms. The summed E-state index contributed by atoms with van der Waals surface area (Å²) in [6.07, 6.45) is 10.4. The summed E-state index contributed by atoms with van der Waals surface area (Å²) in [4.78, 5) is 41.8. The fourth-order valence-electron chi connectivity index (χ4n) is 8.73. The van der Waals surface area contributed by atoms with E-state index in [1.165, 1.54) is 19.3 Å². The topological polar surface area (TPSA) is 101 Å². The van der Waals surface area contributed by atoms with Crippen LogP contribution in [0.3, 0.4) is 0 Å². The highest BCUT2D eigenvalue weighted by Crippen LogP contribution is 2.60. The number of esters is 3. The highest BCUT2D eigenvalue weighted by molar-refractivity contribution is 5.99. The van der Waals surface area contributed by atoms with E-state index in [1.54, 1.807) is 7.11 Å². The van der Waals surface area contributed by atoms with Gasteiger partial charge in [0.05, 0.1) is 32.3 Å². The number of benzene rings is 1. The van der Waals surface area contributed by atoms with E-state index < -0.39 is 11.4 Å². The summed E-state index contributed by atoms with van der Waals surface area (Å²) in [5, 5.41) is 0. The molecule has 0 radical (unpaired) electrons. The quantitative estimate of drug-likeness (QED) is 0.135. The molecule has 0 atom stereocenters. The summed E-state index contributed by atoms with van der Waals surface area (Å²) < 4.78 is 28.5. The van der Waals surface area contributed by atoms with Gasteiger partial charge in [-0.1, -0.05) is 11.6 Å². The number of rotatable bonds is 12. The number of morpholine rings is 1. The lowest BCUT2D eigenvalue weighted by Gasteiger charge is -2.55. The summed E-state index contributed by atoms with van der Waals surface area (Å²) in [6.45, 7) is 8.74. The number of allylic oxidation sites excluding steroid dienone is 2. The Bertz CT molecular complexity index is 1270. The Morgan fingerprint density at radius 1 is 1.02 bits per heavy atom. The van der Waals surface area contributed by atoms with E-state index in [0.29, 0.717) is 60.5 Å². The van der Waals surface area contributed by atoms with Crippen molar-refractivity contribution in [1.29, 1.82) is 0 Å². The molecule has 2 aliphatic heterocycles. The van der Waals surface area contributed by atoms with Gasteiger partial charge in [-0.25, -0.2) is 4.79 Å².